The minimum atomic E-state index is -0.250. The maximum absolute atomic E-state index is 11.1. The SMILES string of the molecule is CN(CC(C)(C)C)CC1(C=O)CCOC1. The highest BCUT2D eigenvalue weighted by atomic mass is 16.5. The van der Waals surface area contributed by atoms with E-state index in [1.54, 1.807) is 0 Å². The summed E-state index contributed by atoms with van der Waals surface area (Å²) in [5, 5.41) is 0. The van der Waals surface area contributed by atoms with Crippen LogP contribution in [-0.4, -0.2) is 44.5 Å². The van der Waals surface area contributed by atoms with Crippen LogP contribution in [0.1, 0.15) is 27.2 Å². The molecule has 88 valence electrons. The third kappa shape index (κ3) is 3.92. The van der Waals surface area contributed by atoms with Crippen molar-refractivity contribution in [3.05, 3.63) is 0 Å². The number of ether oxygens (including phenoxy) is 1. The van der Waals surface area contributed by atoms with Crippen LogP contribution in [0.3, 0.4) is 0 Å². The summed E-state index contributed by atoms with van der Waals surface area (Å²) in [4.78, 5) is 13.4. The fourth-order valence-electron chi connectivity index (χ4n) is 2.28. The molecule has 0 amide bonds. The molecule has 1 fully saturated rings. The summed E-state index contributed by atoms with van der Waals surface area (Å²) in [6, 6.07) is 0. The van der Waals surface area contributed by atoms with Crippen molar-refractivity contribution in [2.45, 2.75) is 27.2 Å². The summed E-state index contributed by atoms with van der Waals surface area (Å²) >= 11 is 0. The highest BCUT2D eigenvalue weighted by Crippen LogP contribution is 2.28. The fourth-order valence-corrected chi connectivity index (χ4v) is 2.28. The van der Waals surface area contributed by atoms with Gasteiger partial charge in [0.1, 0.15) is 6.29 Å². The number of hydrogen-bond donors (Lipinski definition) is 0. The Morgan fingerprint density at radius 1 is 1.47 bits per heavy atom. The zero-order chi connectivity index (χ0) is 11.5. The maximum atomic E-state index is 11.1. The molecule has 1 rings (SSSR count). The van der Waals surface area contributed by atoms with Gasteiger partial charge < -0.3 is 14.4 Å². The van der Waals surface area contributed by atoms with Crippen LogP contribution in [0.15, 0.2) is 0 Å². The molecule has 3 nitrogen and oxygen atoms in total. The predicted octanol–water partition coefficient (Wildman–Crippen LogP) is 1.57. The lowest BCUT2D eigenvalue weighted by Gasteiger charge is -2.31. The van der Waals surface area contributed by atoms with E-state index < -0.39 is 0 Å². The summed E-state index contributed by atoms with van der Waals surface area (Å²) in [5.74, 6) is 0. The molecule has 0 bridgehead atoms. The lowest BCUT2D eigenvalue weighted by atomic mass is 9.87. The summed E-state index contributed by atoms with van der Waals surface area (Å²) in [6.07, 6.45) is 1.95. The number of rotatable bonds is 4. The van der Waals surface area contributed by atoms with Gasteiger partial charge in [0.15, 0.2) is 0 Å². The van der Waals surface area contributed by atoms with Gasteiger partial charge in [0, 0.05) is 19.7 Å². The Morgan fingerprint density at radius 2 is 2.13 bits per heavy atom. The molecule has 0 saturated carbocycles. The molecular formula is C12H23NO2. The van der Waals surface area contributed by atoms with Crippen LogP contribution in [0.25, 0.3) is 0 Å². The molecule has 1 heterocycles. The van der Waals surface area contributed by atoms with Gasteiger partial charge in [-0.25, -0.2) is 0 Å². The van der Waals surface area contributed by atoms with Crippen LogP contribution in [0.4, 0.5) is 0 Å². The lowest BCUT2D eigenvalue weighted by Crippen LogP contribution is -2.40. The van der Waals surface area contributed by atoms with Gasteiger partial charge in [-0.2, -0.15) is 0 Å². The van der Waals surface area contributed by atoms with Crippen LogP contribution in [0, 0.1) is 10.8 Å². The number of nitrogens with zero attached hydrogens (tertiary/aromatic N) is 1. The van der Waals surface area contributed by atoms with E-state index in [-0.39, 0.29) is 10.8 Å². The van der Waals surface area contributed by atoms with Crippen molar-refractivity contribution in [2.75, 3.05) is 33.4 Å². The quantitative estimate of drug-likeness (QED) is 0.664. The zero-order valence-corrected chi connectivity index (χ0v) is 10.4. The van der Waals surface area contributed by atoms with Gasteiger partial charge in [0.05, 0.1) is 12.0 Å². The minimum absolute atomic E-state index is 0.250. The second-order valence-corrected chi connectivity index (χ2v) is 6.02. The Balaban J connectivity index is 2.48. The molecule has 0 aliphatic carbocycles. The molecule has 1 unspecified atom stereocenters. The van der Waals surface area contributed by atoms with E-state index in [0.717, 1.165) is 32.4 Å². The van der Waals surface area contributed by atoms with Crippen molar-refractivity contribution < 1.29 is 9.53 Å². The average Bonchev–Trinajstić information content (AvgIpc) is 2.50. The van der Waals surface area contributed by atoms with E-state index >= 15 is 0 Å². The topological polar surface area (TPSA) is 29.5 Å². The molecular weight excluding hydrogens is 190 g/mol. The molecule has 3 heteroatoms. The van der Waals surface area contributed by atoms with Gasteiger partial charge in [-0.1, -0.05) is 20.8 Å². The standard InChI is InChI=1S/C12H23NO2/c1-11(2,3)7-13(4)8-12(9-14)5-6-15-10-12/h9H,5-8,10H2,1-4H3. The molecule has 1 aliphatic rings. The summed E-state index contributed by atoms with van der Waals surface area (Å²) in [6.45, 7) is 9.76. The average molecular weight is 213 g/mol. The molecule has 15 heavy (non-hydrogen) atoms. The molecule has 1 atom stereocenters. The van der Waals surface area contributed by atoms with Crippen LogP contribution in [-0.2, 0) is 9.53 Å². The van der Waals surface area contributed by atoms with Crippen LogP contribution in [0.2, 0.25) is 0 Å². The molecule has 0 N–H and O–H groups in total. The number of carbonyl (C=O) groups is 1. The third-order valence-electron chi connectivity index (χ3n) is 2.71. The molecule has 0 aromatic carbocycles. The van der Waals surface area contributed by atoms with E-state index in [1.165, 1.54) is 0 Å². The van der Waals surface area contributed by atoms with E-state index in [1.807, 2.05) is 0 Å². The van der Waals surface area contributed by atoms with Gasteiger partial charge in [-0.05, 0) is 18.9 Å². The Morgan fingerprint density at radius 3 is 2.53 bits per heavy atom. The van der Waals surface area contributed by atoms with Crippen molar-refractivity contribution in [3.63, 3.8) is 0 Å². The fraction of sp³-hybridized carbons (Fsp3) is 0.917. The largest absolute Gasteiger partial charge is 0.380 e. The lowest BCUT2D eigenvalue weighted by molar-refractivity contribution is -0.117. The molecule has 1 saturated heterocycles. The summed E-state index contributed by atoms with van der Waals surface area (Å²) < 4.78 is 5.32. The minimum Gasteiger partial charge on any atom is -0.380 e. The van der Waals surface area contributed by atoms with Crippen LogP contribution < -0.4 is 0 Å². The van der Waals surface area contributed by atoms with Crippen molar-refractivity contribution >= 4 is 6.29 Å². The van der Waals surface area contributed by atoms with E-state index in [0.29, 0.717) is 6.61 Å². The number of hydrogen-bond acceptors (Lipinski definition) is 3. The van der Waals surface area contributed by atoms with Crippen molar-refractivity contribution in [3.8, 4) is 0 Å². The number of aldehydes is 1. The third-order valence-corrected chi connectivity index (χ3v) is 2.71. The first kappa shape index (κ1) is 12.7. The molecule has 0 aromatic rings. The van der Waals surface area contributed by atoms with Gasteiger partial charge in [-0.3, -0.25) is 0 Å². The Labute approximate surface area is 92.8 Å². The summed E-state index contributed by atoms with van der Waals surface area (Å²) in [5.41, 5.74) is 0.0261. The molecule has 0 radical (unpaired) electrons. The molecule has 0 spiro atoms. The van der Waals surface area contributed by atoms with Crippen molar-refractivity contribution in [2.24, 2.45) is 10.8 Å². The monoisotopic (exact) mass is 213 g/mol. The van der Waals surface area contributed by atoms with Gasteiger partial charge in [-0.15, -0.1) is 0 Å². The zero-order valence-electron chi connectivity index (χ0n) is 10.4. The highest BCUT2D eigenvalue weighted by Gasteiger charge is 2.36. The highest BCUT2D eigenvalue weighted by molar-refractivity contribution is 5.60. The normalized spacial score (nSPS) is 27.3. The Hall–Kier alpha value is -0.410. The predicted molar refractivity (Wildman–Crippen MR) is 60.9 cm³/mol. The van der Waals surface area contributed by atoms with Crippen LogP contribution >= 0.6 is 0 Å². The second-order valence-electron chi connectivity index (χ2n) is 6.02. The first-order valence-corrected chi connectivity index (χ1v) is 5.60. The van der Waals surface area contributed by atoms with E-state index in [2.05, 4.69) is 32.7 Å². The number of carbonyl (C=O) groups excluding carboxylic acids is 1. The Kier molecular flexibility index (Phi) is 3.90. The first-order chi connectivity index (χ1) is 6.87. The first-order valence-electron chi connectivity index (χ1n) is 5.60. The van der Waals surface area contributed by atoms with Crippen molar-refractivity contribution in [1.29, 1.82) is 0 Å². The smallest absolute Gasteiger partial charge is 0.129 e. The van der Waals surface area contributed by atoms with Crippen molar-refractivity contribution in [1.82, 2.24) is 4.90 Å². The molecule has 0 aromatic heterocycles. The van der Waals surface area contributed by atoms with Gasteiger partial charge >= 0.3 is 0 Å². The summed E-state index contributed by atoms with van der Waals surface area (Å²) in [7, 11) is 2.08. The maximum Gasteiger partial charge on any atom is 0.129 e. The van der Waals surface area contributed by atoms with Gasteiger partial charge in [0.2, 0.25) is 0 Å². The van der Waals surface area contributed by atoms with Gasteiger partial charge in [0.25, 0.3) is 0 Å². The second kappa shape index (κ2) is 4.62. The Bertz CT molecular complexity index is 214. The molecule has 1 aliphatic heterocycles. The van der Waals surface area contributed by atoms with E-state index in [9.17, 15) is 4.79 Å². The van der Waals surface area contributed by atoms with Crippen LogP contribution in [0.5, 0.6) is 0 Å². The van der Waals surface area contributed by atoms with E-state index in [4.69, 9.17) is 4.74 Å².